The van der Waals surface area contributed by atoms with Crippen LogP contribution < -0.4 is 20.1 Å². The summed E-state index contributed by atoms with van der Waals surface area (Å²) in [6.45, 7) is 0.170. The number of carbonyl (C=O) groups is 1. The number of hydrogen-bond acceptors (Lipinski definition) is 5. The van der Waals surface area contributed by atoms with Gasteiger partial charge in [0.15, 0.2) is 11.5 Å². The molecular formula is C16H14ClN3O3. The lowest BCUT2D eigenvalue weighted by atomic mass is 10.2. The molecule has 2 N–H and O–H groups in total. The molecule has 1 aliphatic heterocycles. The van der Waals surface area contributed by atoms with Gasteiger partial charge in [-0.25, -0.2) is 4.98 Å². The lowest BCUT2D eigenvalue weighted by molar-refractivity contribution is -0.117. The number of ether oxygens (including phenoxy) is 2. The Hall–Kier alpha value is -2.47. The Kier molecular flexibility index (Phi) is 3.46. The topological polar surface area (TPSA) is 72.5 Å². The third-order valence-corrected chi connectivity index (χ3v) is 4.03. The molecule has 6 nitrogen and oxygen atoms in total. The number of fused-ring (bicyclic) bond motifs is 1. The minimum Gasteiger partial charge on any atom is -0.454 e. The molecule has 0 atom stereocenters. The summed E-state index contributed by atoms with van der Waals surface area (Å²) in [6.07, 6.45) is 3.53. The van der Waals surface area contributed by atoms with E-state index in [-0.39, 0.29) is 18.6 Å². The number of amides is 1. The molecule has 4 rings (SSSR count). The van der Waals surface area contributed by atoms with Crippen LogP contribution in [0.1, 0.15) is 12.8 Å². The lowest BCUT2D eigenvalue weighted by Crippen LogP contribution is -2.14. The van der Waals surface area contributed by atoms with Crippen LogP contribution in [0.15, 0.2) is 30.5 Å². The second-order valence-corrected chi connectivity index (χ2v) is 5.88. The van der Waals surface area contributed by atoms with Crippen molar-refractivity contribution in [1.82, 2.24) is 4.98 Å². The highest BCUT2D eigenvalue weighted by molar-refractivity contribution is 6.33. The summed E-state index contributed by atoms with van der Waals surface area (Å²) in [5, 5.41) is 6.54. The van der Waals surface area contributed by atoms with Crippen molar-refractivity contribution >= 4 is 34.7 Å². The van der Waals surface area contributed by atoms with Crippen LogP contribution in [0, 0.1) is 5.92 Å². The number of benzene rings is 1. The van der Waals surface area contributed by atoms with Crippen molar-refractivity contribution in [1.29, 1.82) is 0 Å². The van der Waals surface area contributed by atoms with E-state index in [1.165, 1.54) is 0 Å². The minimum atomic E-state index is 0.0185. The van der Waals surface area contributed by atoms with Crippen LogP contribution in [0.2, 0.25) is 5.02 Å². The van der Waals surface area contributed by atoms with Crippen LogP contribution in [0.5, 0.6) is 11.5 Å². The summed E-state index contributed by atoms with van der Waals surface area (Å²) < 4.78 is 10.8. The predicted octanol–water partition coefficient (Wildman–Crippen LogP) is 3.56. The second kappa shape index (κ2) is 5.62. The van der Waals surface area contributed by atoms with Crippen LogP contribution in [0.25, 0.3) is 0 Å². The molecule has 2 aliphatic rings. The average Bonchev–Trinajstić information content (AvgIpc) is 3.29. The van der Waals surface area contributed by atoms with Crippen LogP contribution in [0.4, 0.5) is 17.2 Å². The molecule has 1 aromatic carbocycles. The number of carbonyl (C=O) groups excluding carboxylic acids is 1. The summed E-state index contributed by atoms with van der Waals surface area (Å²) in [6, 6.07) is 7.06. The summed E-state index contributed by atoms with van der Waals surface area (Å²) in [5.41, 5.74) is 1.38. The Morgan fingerprint density at radius 1 is 1.26 bits per heavy atom. The standard InChI is InChI=1S/C16H14ClN3O3/c17-11-3-4-12-15(23-8-22-12)14(11)19-10-5-6-18-13(7-10)20-16(21)9-1-2-9/h3-7,9H,1-2,8H2,(H2,18,19,20,21). The molecule has 7 heteroatoms. The van der Waals surface area contributed by atoms with E-state index in [1.54, 1.807) is 30.5 Å². The molecule has 0 unspecified atom stereocenters. The first-order valence-electron chi connectivity index (χ1n) is 7.33. The number of pyridine rings is 1. The smallest absolute Gasteiger partial charge is 0.231 e. The molecule has 0 radical (unpaired) electrons. The van der Waals surface area contributed by atoms with E-state index in [9.17, 15) is 4.79 Å². The van der Waals surface area contributed by atoms with Crippen LogP contribution in [-0.4, -0.2) is 17.7 Å². The zero-order valence-electron chi connectivity index (χ0n) is 12.1. The molecule has 1 amide bonds. The molecule has 23 heavy (non-hydrogen) atoms. The number of anilines is 3. The van der Waals surface area contributed by atoms with Gasteiger partial charge >= 0.3 is 0 Å². The fraction of sp³-hybridized carbons (Fsp3) is 0.250. The quantitative estimate of drug-likeness (QED) is 0.896. The second-order valence-electron chi connectivity index (χ2n) is 5.47. The van der Waals surface area contributed by atoms with Crippen LogP contribution in [0.3, 0.4) is 0 Å². The zero-order chi connectivity index (χ0) is 15.8. The van der Waals surface area contributed by atoms with Gasteiger partial charge in [-0.2, -0.15) is 0 Å². The van der Waals surface area contributed by atoms with E-state index in [4.69, 9.17) is 21.1 Å². The monoisotopic (exact) mass is 331 g/mol. The van der Waals surface area contributed by atoms with Gasteiger partial charge in [0.05, 0.1) is 5.02 Å². The normalized spacial score (nSPS) is 15.3. The van der Waals surface area contributed by atoms with E-state index < -0.39 is 0 Å². The fourth-order valence-electron chi connectivity index (χ4n) is 2.36. The van der Waals surface area contributed by atoms with Gasteiger partial charge in [0.25, 0.3) is 0 Å². The molecular weight excluding hydrogens is 318 g/mol. The maximum absolute atomic E-state index is 11.8. The van der Waals surface area contributed by atoms with E-state index in [1.807, 2.05) is 0 Å². The summed E-state index contributed by atoms with van der Waals surface area (Å²) >= 11 is 6.25. The summed E-state index contributed by atoms with van der Waals surface area (Å²) in [4.78, 5) is 16.0. The van der Waals surface area contributed by atoms with Gasteiger partial charge in [-0.1, -0.05) is 11.6 Å². The highest BCUT2D eigenvalue weighted by Gasteiger charge is 2.29. The van der Waals surface area contributed by atoms with Crippen molar-refractivity contribution in [2.24, 2.45) is 5.92 Å². The Balaban J connectivity index is 1.57. The van der Waals surface area contributed by atoms with Crippen molar-refractivity contribution in [2.45, 2.75) is 12.8 Å². The maximum Gasteiger partial charge on any atom is 0.231 e. The molecule has 0 saturated heterocycles. The molecule has 2 heterocycles. The fourth-order valence-corrected chi connectivity index (χ4v) is 2.56. The van der Waals surface area contributed by atoms with Crippen molar-refractivity contribution in [3.8, 4) is 11.5 Å². The average molecular weight is 332 g/mol. The van der Waals surface area contributed by atoms with Crippen molar-refractivity contribution in [3.05, 3.63) is 35.5 Å². The Morgan fingerprint density at radius 3 is 2.96 bits per heavy atom. The first-order chi connectivity index (χ1) is 11.2. The number of rotatable bonds is 4. The molecule has 1 aromatic heterocycles. The van der Waals surface area contributed by atoms with E-state index in [0.717, 1.165) is 18.5 Å². The molecule has 118 valence electrons. The highest BCUT2D eigenvalue weighted by atomic mass is 35.5. The van der Waals surface area contributed by atoms with Gasteiger partial charge in [-0.15, -0.1) is 0 Å². The number of nitrogens with zero attached hydrogens (tertiary/aromatic N) is 1. The van der Waals surface area contributed by atoms with Gasteiger partial charge < -0.3 is 20.1 Å². The number of nitrogens with one attached hydrogen (secondary N) is 2. The highest BCUT2D eigenvalue weighted by Crippen LogP contribution is 2.44. The first kappa shape index (κ1) is 14.1. The Bertz CT molecular complexity index is 777. The van der Waals surface area contributed by atoms with E-state index >= 15 is 0 Å². The van der Waals surface area contributed by atoms with Crippen molar-refractivity contribution in [2.75, 3.05) is 17.4 Å². The van der Waals surface area contributed by atoms with Gasteiger partial charge in [-0.05, 0) is 31.0 Å². The van der Waals surface area contributed by atoms with Crippen LogP contribution in [-0.2, 0) is 4.79 Å². The van der Waals surface area contributed by atoms with Gasteiger partial charge in [0, 0.05) is 23.9 Å². The first-order valence-corrected chi connectivity index (χ1v) is 7.70. The van der Waals surface area contributed by atoms with E-state index in [0.29, 0.717) is 28.0 Å². The summed E-state index contributed by atoms with van der Waals surface area (Å²) in [5.74, 6) is 1.88. The Labute approximate surface area is 137 Å². The minimum absolute atomic E-state index is 0.0185. The zero-order valence-corrected chi connectivity index (χ0v) is 12.9. The van der Waals surface area contributed by atoms with Gasteiger partial charge in [0.1, 0.15) is 11.5 Å². The van der Waals surface area contributed by atoms with Crippen LogP contribution >= 0.6 is 11.6 Å². The number of hydrogen-bond donors (Lipinski definition) is 2. The largest absolute Gasteiger partial charge is 0.454 e. The van der Waals surface area contributed by atoms with E-state index in [2.05, 4.69) is 15.6 Å². The van der Waals surface area contributed by atoms with Gasteiger partial charge in [-0.3, -0.25) is 4.79 Å². The van der Waals surface area contributed by atoms with Crippen molar-refractivity contribution < 1.29 is 14.3 Å². The molecule has 1 saturated carbocycles. The summed E-state index contributed by atoms with van der Waals surface area (Å²) in [7, 11) is 0. The third-order valence-electron chi connectivity index (χ3n) is 3.72. The molecule has 1 aliphatic carbocycles. The number of halogens is 1. The van der Waals surface area contributed by atoms with Crippen molar-refractivity contribution in [3.63, 3.8) is 0 Å². The molecule has 0 bridgehead atoms. The van der Waals surface area contributed by atoms with Gasteiger partial charge in [0.2, 0.25) is 12.7 Å². The molecule has 2 aromatic rings. The SMILES string of the molecule is O=C(Nc1cc(Nc2c(Cl)ccc3c2OCO3)ccn1)C1CC1. The predicted molar refractivity (Wildman–Crippen MR) is 86.4 cm³/mol. The maximum atomic E-state index is 11.8. The number of aromatic nitrogens is 1. The third kappa shape index (κ3) is 2.90. The molecule has 1 fully saturated rings. The molecule has 0 spiro atoms. The Morgan fingerprint density at radius 2 is 2.13 bits per heavy atom. The lowest BCUT2D eigenvalue weighted by Gasteiger charge is -2.12.